The van der Waals surface area contributed by atoms with Crippen LogP contribution in [0.1, 0.15) is 16.7 Å². The van der Waals surface area contributed by atoms with Gasteiger partial charge in [-0.1, -0.05) is 24.3 Å². The number of aliphatic hydroxyl groups excluding tert-OH is 1. The Balaban J connectivity index is 1.60. The molecule has 27 heavy (non-hydrogen) atoms. The average molecular weight is 371 g/mol. The smallest absolute Gasteiger partial charge is 0.254 e. The zero-order valence-corrected chi connectivity index (χ0v) is 14.6. The first-order valence-electron chi connectivity index (χ1n) is 8.51. The summed E-state index contributed by atoms with van der Waals surface area (Å²) in [4.78, 5) is 12.2. The van der Waals surface area contributed by atoms with E-state index in [1.165, 1.54) is 28.8 Å². The highest BCUT2D eigenvalue weighted by Crippen LogP contribution is 2.13. The van der Waals surface area contributed by atoms with E-state index in [-0.39, 0.29) is 30.2 Å². The summed E-state index contributed by atoms with van der Waals surface area (Å²) in [6.07, 6.45) is 2.11. The van der Waals surface area contributed by atoms with Gasteiger partial charge in [0.15, 0.2) is 0 Å². The highest BCUT2D eigenvalue weighted by molar-refractivity contribution is 5.24. The molecule has 0 bridgehead atoms. The standard InChI is InChI=1S/C21H19F2NO3/c22-18-5-2-16(3-6-18)14-27-19-8-10-24(21(26)12-19)9-7-15-1-4-17(13-25)20(23)11-15/h1-6,8,10-12,25H,7,9,13-14H2. The number of aryl methyl sites for hydroxylation is 2. The van der Waals surface area contributed by atoms with Crippen molar-refractivity contribution in [3.8, 4) is 5.75 Å². The molecule has 0 unspecified atom stereocenters. The molecule has 1 N–H and O–H groups in total. The second-order valence-corrected chi connectivity index (χ2v) is 6.14. The number of hydrogen-bond acceptors (Lipinski definition) is 3. The van der Waals surface area contributed by atoms with E-state index in [1.807, 2.05) is 0 Å². The fourth-order valence-electron chi connectivity index (χ4n) is 2.64. The minimum absolute atomic E-state index is 0.223. The topological polar surface area (TPSA) is 51.5 Å². The molecule has 0 amide bonds. The lowest BCUT2D eigenvalue weighted by atomic mass is 10.1. The third-order valence-electron chi connectivity index (χ3n) is 4.22. The maximum atomic E-state index is 13.7. The van der Waals surface area contributed by atoms with Crippen LogP contribution in [-0.2, 0) is 26.2 Å². The number of aromatic nitrogens is 1. The summed E-state index contributed by atoms with van der Waals surface area (Å²) >= 11 is 0. The Bertz CT molecular complexity index is 968. The molecule has 1 heterocycles. The number of ether oxygens (including phenoxy) is 1. The maximum absolute atomic E-state index is 13.7. The van der Waals surface area contributed by atoms with E-state index in [1.54, 1.807) is 36.5 Å². The van der Waals surface area contributed by atoms with Crippen LogP contribution in [0.25, 0.3) is 0 Å². The van der Waals surface area contributed by atoms with E-state index in [0.717, 1.165) is 11.1 Å². The van der Waals surface area contributed by atoms with Gasteiger partial charge < -0.3 is 14.4 Å². The van der Waals surface area contributed by atoms with Gasteiger partial charge >= 0.3 is 0 Å². The summed E-state index contributed by atoms with van der Waals surface area (Å²) < 4.78 is 33.7. The Morgan fingerprint density at radius 3 is 2.37 bits per heavy atom. The minimum atomic E-state index is -0.452. The number of rotatable bonds is 7. The molecule has 0 spiro atoms. The Hall–Kier alpha value is -2.99. The van der Waals surface area contributed by atoms with Crippen molar-refractivity contribution in [3.05, 3.63) is 99.5 Å². The number of nitrogens with zero attached hydrogens (tertiary/aromatic N) is 1. The van der Waals surface area contributed by atoms with Crippen molar-refractivity contribution in [1.29, 1.82) is 0 Å². The molecule has 0 saturated heterocycles. The summed E-state index contributed by atoms with van der Waals surface area (Å²) in [7, 11) is 0. The van der Waals surface area contributed by atoms with Crippen molar-refractivity contribution in [2.75, 3.05) is 0 Å². The second kappa shape index (κ2) is 8.60. The molecule has 0 aliphatic rings. The summed E-state index contributed by atoms with van der Waals surface area (Å²) in [6, 6.07) is 13.7. The van der Waals surface area contributed by atoms with Crippen molar-refractivity contribution >= 4 is 0 Å². The van der Waals surface area contributed by atoms with Gasteiger partial charge in [-0.3, -0.25) is 4.79 Å². The first kappa shape index (κ1) is 18.8. The lowest BCUT2D eigenvalue weighted by molar-refractivity contribution is 0.275. The van der Waals surface area contributed by atoms with E-state index < -0.39 is 5.82 Å². The molecular formula is C21H19F2NO3. The lowest BCUT2D eigenvalue weighted by Crippen LogP contribution is -2.19. The monoisotopic (exact) mass is 371 g/mol. The maximum Gasteiger partial charge on any atom is 0.254 e. The third-order valence-corrected chi connectivity index (χ3v) is 4.22. The van der Waals surface area contributed by atoms with Gasteiger partial charge in [-0.15, -0.1) is 0 Å². The lowest BCUT2D eigenvalue weighted by Gasteiger charge is -2.10. The molecular weight excluding hydrogens is 352 g/mol. The van der Waals surface area contributed by atoms with E-state index >= 15 is 0 Å². The molecule has 140 valence electrons. The molecule has 2 aromatic carbocycles. The Morgan fingerprint density at radius 1 is 0.963 bits per heavy atom. The van der Waals surface area contributed by atoms with Gasteiger partial charge in [-0.05, 0) is 41.8 Å². The number of hydrogen-bond donors (Lipinski definition) is 1. The minimum Gasteiger partial charge on any atom is -0.489 e. The highest BCUT2D eigenvalue weighted by Gasteiger charge is 2.05. The molecule has 3 rings (SSSR count). The normalized spacial score (nSPS) is 10.8. The van der Waals surface area contributed by atoms with Gasteiger partial charge in [-0.25, -0.2) is 8.78 Å². The number of benzene rings is 2. The Kier molecular flexibility index (Phi) is 5.98. The van der Waals surface area contributed by atoms with Crippen molar-refractivity contribution in [2.45, 2.75) is 26.2 Å². The van der Waals surface area contributed by atoms with Crippen LogP contribution in [0.3, 0.4) is 0 Å². The van der Waals surface area contributed by atoms with Crippen LogP contribution in [0, 0.1) is 11.6 Å². The number of aliphatic hydroxyl groups is 1. The van der Waals surface area contributed by atoms with Crippen LogP contribution >= 0.6 is 0 Å². The summed E-state index contributed by atoms with van der Waals surface area (Å²) in [6.45, 7) is 0.292. The van der Waals surface area contributed by atoms with Crippen LogP contribution in [0.5, 0.6) is 5.75 Å². The molecule has 4 nitrogen and oxygen atoms in total. The molecule has 0 aliphatic heterocycles. The van der Waals surface area contributed by atoms with Crippen molar-refractivity contribution in [1.82, 2.24) is 4.57 Å². The van der Waals surface area contributed by atoms with E-state index in [4.69, 9.17) is 9.84 Å². The molecule has 1 aromatic heterocycles. The van der Waals surface area contributed by atoms with Crippen LogP contribution < -0.4 is 10.3 Å². The largest absolute Gasteiger partial charge is 0.489 e. The fourth-order valence-corrected chi connectivity index (χ4v) is 2.64. The summed E-state index contributed by atoms with van der Waals surface area (Å²) in [5.74, 6) is -0.335. The van der Waals surface area contributed by atoms with Gasteiger partial charge in [-0.2, -0.15) is 0 Å². The Morgan fingerprint density at radius 2 is 1.70 bits per heavy atom. The van der Waals surface area contributed by atoms with E-state index in [0.29, 0.717) is 18.7 Å². The molecule has 6 heteroatoms. The van der Waals surface area contributed by atoms with Crippen molar-refractivity contribution in [2.24, 2.45) is 0 Å². The quantitative estimate of drug-likeness (QED) is 0.692. The van der Waals surface area contributed by atoms with Crippen molar-refractivity contribution < 1.29 is 18.6 Å². The third kappa shape index (κ3) is 5.01. The first-order valence-corrected chi connectivity index (χ1v) is 8.51. The van der Waals surface area contributed by atoms with Gasteiger partial charge in [0.25, 0.3) is 5.56 Å². The van der Waals surface area contributed by atoms with Gasteiger partial charge in [0.1, 0.15) is 24.0 Å². The van der Waals surface area contributed by atoms with Crippen LogP contribution in [-0.4, -0.2) is 9.67 Å². The van der Waals surface area contributed by atoms with Gasteiger partial charge in [0.05, 0.1) is 6.61 Å². The van der Waals surface area contributed by atoms with Crippen LogP contribution in [0.4, 0.5) is 8.78 Å². The summed E-state index contributed by atoms with van der Waals surface area (Å²) in [5, 5.41) is 8.99. The van der Waals surface area contributed by atoms with E-state index in [9.17, 15) is 13.6 Å². The average Bonchev–Trinajstić information content (AvgIpc) is 2.67. The zero-order chi connectivity index (χ0) is 19.2. The van der Waals surface area contributed by atoms with Crippen molar-refractivity contribution in [3.63, 3.8) is 0 Å². The second-order valence-electron chi connectivity index (χ2n) is 6.14. The summed E-state index contributed by atoms with van der Waals surface area (Å²) in [5.41, 5.74) is 1.57. The predicted octanol–water partition coefficient (Wildman–Crippen LogP) is 3.44. The molecule has 0 saturated carbocycles. The van der Waals surface area contributed by atoms with Crippen LogP contribution in [0.15, 0.2) is 65.6 Å². The molecule has 0 aliphatic carbocycles. The number of halogens is 2. The highest BCUT2D eigenvalue weighted by atomic mass is 19.1. The number of pyridine rings is 1. The molecule has 3 aromatic rings. The predicted molar refractivity (Wildman–Crippen MR) is 97.5 cm³/mol. The Labute approximate surface area is 155 Å². The van der Waals surface area contributed by atoms with Crippen LogP contribution in [0.2, 0.25) is 0 Å². The molecule has 0 radical (unpaired) electrons. The van der Waals surface area contributed by atoms with Gasteiger partial charge in [0, 0.05) is 24.4 Å². The van der Waals surface area contributed by atoms with Gasteiger partial charge in [0.2, 0.25) is 0 Å². The molecule has 0 fully saturated rings. The van der Waals surface area contributed by atoms with E-state index in [2.05, 4.69) is 0 Å². The first-order chi connectivity index (χ1) is 13.0. The zero-order valence-electron chi connectivity index (χ0n) is 14.6. The SMILES string of the molecule is O=c1cc(OCc2ccc(F)cc2)ccn1CCc1ccc(CO)c(F)c1. The molecule has 0 atom stereocenters. The fraction of sp³-hybridized carbons (Fsp3) is 0.190.